The van der Waals surface area contributed by atoms with Gasteiger partial charge in [0, 0.05) is 11.8 Å². The zero-order valence-electron chi connectivity index (χ0n) is 17.7. The largest absolute Gasteiger partial charge is 0.495 e. The summed E-state index contributed by atoms with van der Waals surface area (Å²) in [4.78, 5) is 8.87. The molecule has 0 spiro atoms. The van der Waals surface area contributed by atoms with Gasteiger partial charge >= 0.3 is 0 Å². The Kier molecular flexibility index (Phi) is 6.19. The quantitative estimate of drug-likeness (QED) is 0.469. The number of fused-ring (bicyclic) bond motifs is 1. The Bertz CT molecular complexity index is 1160. The summed E-state index contributed by atoms with van der Waals surface area (Å²) in [6.07, 6.45) is 2.49. The van der Waals surface area contributed by atoms with E-state index in [0.717, 1.165) is 36.3 Å². The Morgan fingerprint density at radius 3 is 2.71 bits per heavy atom. The van der Waals surface area contributed by atoms with E-state index in [-0.39, 0.29) is 0 Å². The molecule has 0 fully saturated rings. The van der Waals surface area contributed by atoms with Crippen LogP contribution in [0.25, 0.3) is 0 Å². The van der Waals surface area contributed by atoms with E-state index in [1.54, 1.807) is 20.4 Å². The minimum atomic E-state index is -2.48. The Hall–Kier alpha value is -2.60. The molecule has 0 atom stereocenters. The molecule has 162 valence electrons. The average molecular weight is 458 g/mol. The molecule has 9 heteroatoms. The van der Waals surface area contributed by atoms with Crippen LogP contribution in [0.5, 0.6) is 5.75 Å². The highest BCUT2D eigenvalue weighted by Gasteiger charge is 2.18. The molecule has 0 unspecified atom stereocenters. The van der Waals surface area contributed by atoms with Gasteiger partial charge in [0.2, 0.25) is 5.95 Å². The molecule has 31 heavy (non-hydrogen) atoms. The number of anilines is 4. The minimum Gasteiger partial charge on any atom is -0.495 e. The Balaban J connectivity index is 1.65. The summed E-state index contributed by atoms with van der Waals surface area (Å²) in [5, 5.41) is 10.9. The highest BCUT2D eigenvalue weighted by Crippen LogP contribution is 2.39. The van der Waals surface area contributed by atoms with Crippen LogP contribution < -0.4 is 26.0 Å². The predicted molar refractivity (Wildman–Crippen MR) is 128 cm³/mol. The van der Waals surface area contributed by atoms with Gasteiger partial charge < -0.3 is 25.3 Å². The van der Waals surface area contributed by atoms with Crippen molar-refractivity contribution in [3.8, 4) is 5.75 Å². The Labute approximate surface area is 187 Å². The van der Waals surface area contributed by atoms with E-state index in [9.17, 15) is 4.57 Å². The van der Waals surface area contributed by atoms with Crippen LogP contribution in [0.2, 0.25) is 5.02 Å². The van der Waals surface area contributed by atoms with Crippen molar-refractivity contribution in [1.82, 2.24) is 15.3 Å². The predicted octanol–water partition coefficient (Wildman–Crippen LogP) is 4.52. The smallest absolute Gasteiger partial charge is 0.229 e. The van der Waals surface area contributed by atoms with Crippen molar-refractivity contribution in [1.29, 1.82) is 0 Å². The average Bonchev–Trinajstić information content (AvgIpc) is 2.75. The van der Waals surface area contributed by atoms with Crippen LogP contribution in [0, 0.1) is 0 Å². The SMILES string of the molecule is COc1cc2c(cc1Nc1ncc(Cl)c(Nc3ccccc3P(C)(C)=O)n1)CCNC2. The van der Waals surface area contributed by atoms with Gasteiger partial charge in [0.1, 0.15) is 17.9 Å². The molecule has 0 radical (unpaired) electrons. The van der Waals surface area contributed by atoms with Gasteiger partial charge in [-0.1, -0.05) is 23.7 Å². The number of aromatic nitrogens is 2. The highest BCUT2D eigenvalue weighted by atomic mass is 35.5. The van der Waals surface area contributed by atoms with E-state index in [2.05, 4.69) is 32.0 Å². The van der Waals surface area contributed by atoms with E-state index >= 15 is 0 Å². The number of rotatable bonds is 6. The lowest BCUT2D eigenvalue weighted by Gasteiger charge is -2.20. The van der Waals surface area contributed by atoms with Crippen molar-refractivity contribution in [2.24, 2.45) is 0 Å². The first-order valence-electron chi connectivity index (χ1n) is 9.97. The first-order valence-corrected chi connectivity index (χ1v) is 12.9. The molecule has 1 aliphatic heterocycles. The molecule has 2 heterocycles. The van der Waals surface area contributed by atoms with E-state index in [0.29, 0.717) is 22.5 Å². The van der Waals surface area contributed by atoms with Gasteiger partial charge in [0.15, 0.2) is 5.82 Å². The summed E-state index contributed by atoms with van der Waals surface area (Å²) in [6.45, 7) is 5.25. The maximum atomic E-state index is 12.7. The summed E-state index contributed by atoms with van der Waals surface area (Å²) in [5.41, 5.74) is 4.00. The van der Waals surface area contributed by atoms with Gasteiger partial charge in [0.25, 0.3) is 0 Å². The molecule has 0 saturated heterocycles. The lowest BCUT2D eigenvalue weighted by molar-refractivity contribution is 0.415. The Morgan fingerprint density at radius 2 is 1.94 bits per heavy atom. The fraction of sp³-hybridized carbons (Fsp3) is 0.273. The van der Waals surface area contributed by atoms with Crippen LogP contribution in [-0.2, 0) is 17.5 Å². The molecule has 7 nitrogen and oxygen atoms in total. The topological polar surface area (TPSA) is 88.2 Å². The maximum absolute atomic E-state index is 12.7. The number of halogens is 1. The standard InChI is InChI=1S/C22H25ClN5O2P/c1-30-19-11-15-12-24-9-8-14(15)10-18(19)27-22-25-13-16(23)21(28-22)26-17-6-4-5-7-20(17)31(2,3)29/h4-7,10-11,13,24H,8-9,12H2,1-3H3,(H2,25,26,27,28). The zero-order chi connectivity index (χ0) is 22.0. The number of para-hydroxylation sites is 1. The molecule has 0 amide bonds. The molecule has 1 aliphatic rings. The number of ether oxygens (including phenoxy) is 1. The van der Waals surface area contributed by atoms with Crippen molar-refractivity contribution in [3.05, 3.63) is 58.7 Å². The van der Waals surface area contributed by atoms with E-state index in [1.165, 1.54) is 17.3 Å². The summed E-state index contributed by atoms with van der Waals surface area (Å²) < 4.78 is 18.2. The second-order valence-corrected chi connectivity index (χ2v) is 11.3. The monoisotopic (exact) mass is 457 g/mol. The number of nitrogens with one attached hydrogen (secondary N) is 3. The molecule has 4 rings (SSSR count). The fourth-order valence-electron chi connectivity index (χ4n) is 3.59. The minimum absolute atomic E-state index is 0.367. The normalized spacial score (nSPS) is 13.4. The first kappa shape index (κ1) is 21.6. The third kappa shape index (κ3) is 4.85. The number of hydrogen-bond donors (Lipinski definition) is 3. The summed E-state index contributed by atoms with van der Waals surface area (Å²) in [6, 6.07) is 11.6. The van der Waals surface area contributed by atoms with E-state index in [4.69, 9.17) is 16.3 Å². The molecule has 1 aromatic heterocycles. The molecular formula is C22H25ClN5O2P. The zero-order valence-corrected chi connectivity index (χ0v) is 19.3. The summed E-state index contributed by atoms with van der Waals surface area (Å²) in [7, 11) is -0.840. The maximum Gasteiger partial charge on any atom is 0.229 e. The van der Waals surface area contributed by atoms with Crippen LogP contribution in [0.1, 0.15) is 11.1 Å². The molecule has 0 saturated carbocycles. The first-order chi connectivity index (χ1) is 14.8. The number of hydrogen-bond acceptors (Lipinski definition) is 7. The van der Waals surface area contributed by atoms with Crippen LogP contribution >= 0.6 is 18.7 Å². The molecule has 2 aromatic carbocycles. The second kappa shape index (κ2) is 8.87. The van der Waals surface area contributed by atoms with Crippen LogP contribution in [0.15, 0.2) is 42.6 Å². The Morgan fingerprint density at radius 1 is 1.13 bits per heavy atom. The molecule has 3 N–H and O–H groups in total. The van der Waals surface area contributed by atoms with Gasteiger partial charge in [-0.2, -0.15) is 4.98 Å². The molecule has 0 aliphatic carbocycles. The third-order valence-corrected chi connectivity index (χ3v) is 6.96. The van der Waals surface area contributed by atoms with Gasteiger partial charge in [-0.15, -0.1) is 0 Å². The van der Waals surface area contributed by atoms with Gasteiger partial charge in [0.05, 0.1) is 24.7 Å². The van der Waals surface area contributed by atoms with E-state index < -0.39 is 7.14 Å². The molecular weight excluding hydrogens is 433 g/mol. The van der Waals surface area contributed by atoms with Gasteiger partial charge in [-0.25, -0.2) is 4.98 Å². The second-order valence-electron chi connectivity index (χ2n) is 7.76. The molecule has 3 aromatic rings. The highest BCUT2D eigenvalue weighted by molar-refractivity contribution is 7.70. The molecule has 0 bridgehead atoms. The summed E-state index contributed by atoms with van der Waals surface area (Å²) in [5.74, 6) is 1.53. The van der Waals surface area contributed by atoms with Crippen molar-refractivity contribution < 1.29 is 9.30 Å². The van der Waals surface area contributed by atoms with Crippen molar-refractivity contribution >= 4 is 47.2 Å². The van der Waals surface area contributed by atoms with Crippen LogP contribution in [0.3, 0.4) is 0 Å². The number of methoxy groups -OCH3 is 1. The van der Waals surface area contributed by atoms with Crippen LogP contribution in [0.4, 0.5) is 23.1 Å². The lowest BCUT2D eigenvalue weighted by Crippen LogP contribution is -2.23. The van der Waals surface area contributed by atoms with Crippen LogP contribution in [-0.4, -0.2) is 37.0 Å². The lowest BCUT2D eigenvalue weighted by atomic mass is 10.00. The van der Waals surface area contributed by atoms with E-state index in [1.807, 2.05) is 30.3 Å². The van der Waals surface area contributed by atoms with Gasteiger partial charge in [-0.3, -0.25) is 0 Å². The van der Waals surface area contributed by atoms with Gasteiger partial charge in [-0.05, 0) is 61.7 Å². The summed E-state index contributed by atoms with van der Waals surface area (Å²) >= 11 is 6.35. The van der Waals surface area contributed by atoms with Crippen molar-refractivity contribution in [2.75, 3.05) is 37.6 Å². The fourth-order valence-corrected chi connectivity index (χ4v) is 4.88. The number of nitrogens with zero attached hydrogens (tertiary/aromatic N) is 2. The third-order valence-electron chi connectivity index (χ3n) is 5.14. The van der Waals surface area contributed by atoms with Crippen molar-refractivity contribution in [3.63, 3.8) is 0 Å². The van der Waals surface area contributed by atoms with Crippen molar-refractivity contribution in [2.45, 2.75) is 13.0 Å². The number of benzene rings is 2.